The fourth-order valence-electron chi connectivity index (χ4n) is 1.79. The highest BCUT2D eigenvalue weighted by Crippen LogP contribution is 2.18. The molecule has 0 radical (unpaired) electrons. The van der Waals surface area contributed by atoms with Gasteiger partial charge in [0.15, 0.2) is 0 Å². The van der Waals surface area contributed by atoms with Crippen LogP contribution in [0, 0.1) is 5.82 Å². The van der Waals surface area contributed by atoms with Gasteiger partial charge in [0.1, 0.15) is 11.6 Å². The second-order valence-corrected chi connectivity index (χ2v) is 4.56. The Morgan fingerprint density at radius 2 is 2.05 bits per heavy atom. The van der Waals surface area contributed by atoms with Crippen LogP contribution in [-0.2, 0) is 6.54 Å². The summed E-state index contributed by atoms with van der Waals surface area (Å²) in [5, 5.41) is 2.95. The maximum Gasteiger partial charge on any atom is 0.254 e. The Bertz CT molecular complexity index is 631. The fraction of sp³-hybridized carbons (Fsp3) is 0.133. The Morgan fingerprint density at radius 3 is 2.80 bits per heavy atom. The third-order valence-electron chi connectivity index (χ3n) is 2.80. The van der Waals surface area contributed by atoms with E-state index in [9.17, 15) is 9.18 Å². The summed E-state index contributed by atoms with van der Waals surface area (Å²) < 4.78 is 18.7. The van der Waals surface area contributed by atoms with Crippen LogP contribution in [0.1, 0.15) is 15.9 Å². The molecule has 0 atom stereocenters. The molecule has 0 aromatic heterocycles. The molecule has 0 unspecified atom stereocenters. The van der Waals surface area contributed by atoms with Crippen molar-refractivity contribution >= 4 is 17.5 Å². The number of ether oxygens (including phenoxy) is 1. The summed E-state index contributed by atoms with van der Waals surface area (Å²) in [6.45, 7) is 0.245. The second kappa shape index (κ2) is 6.39. The van der Waals surface area contributed by atoms with Crippen molar-refractivity contribution in [3.05, 3.63) is 64.4 Å². The van der Waals surface area contributed by atoms with Crippen molar-refractivity contribution in [1.29, 1.82) is 0 Å². The van der Waals surface area contributed by atoms with Crippen LogP contribution in [0.25, 0.3) is 0 Å². The number of rotatable bonds is 4. The van der Waals surface area contributed by atoms with Gasteiger partial charge >= 0.3 is 0 Å². The SMILES string of the molecule is COc1ccccc1CNC(=O)c1cc(Cl)ccc1F. The lowest BCUT2D eigenvalue weighted by Gasteiger charge is -2.10. The first-order valence-electron chi connectivity index (χ1n) is 5.97. The van der Waals surface area contributed by atoms with Crippen LogP contribution in [-0.4, -0.2) is 13.0 Å². The monoisotopic (exact) mass is 293 g/mol. The van der Waals surface area contributed by atoms with E-state index in [2.05, 4.69) is 5.32 Å². The molecule has 0 aliphatic heterocycles. The number of hydrogen-bond donors (Lipinski definition) is 1. The highest BCUT2D eigenvalue weighted by Gasteiger charge is 2.12. The molecule has 0 fully saturated rings. The smallest absolute Gasteiger partial charge is 0.254 e. The van der Waals surface area contributed by atoms with Gasteiger partial charge in [0.25, 0.3) is 5.91 Å². The third kappa shape index (κ3) is 3.27. The van der Waals surface area contributed by atoms with Crippen LogP contribution in [0.4, 0.5) is 4.39 Å². The zero-order valence-electron chi connectivity index (χ0n) is 10.8. The van der Waals surface area contributed by atoms with E-state index >= 15 is 0 Å². The predicted octanol–water partition coefficient (Wildman–Crippen LogP) is 3.42. The number of halogens is 2. The predicted molar refractivity (Wildman–Crippen MR) is 75.6 cm³/mol. The summed E-state index contributed by atoms with van der Waals surface area (Å²) in [5.74, 6) is -0.456. The number of carbonyl (C=O) groups excluding carboxylic acids is 1. The molecule has 1 amide bonds. The maximum atomic E-state index is 13.5. The average Bonchev–Trinajstić information content (AvgIpc) is 2.47. The number of amides is 1. The molecule has 20 heavy (non-hydrogen) atoms. The molecule has 5 heteroatoms. The van der Waals surface area contributed by atoms with Gasteiger partial charge < -0.3 is 10.1 Å². The molecule has 0 aliphatic rings. The van der Waals surface area contributed by atoms with E-state index in [1.165, 1.54) is 18.2 Å². The number of hydrogen-bond acceptors (Lipinski definition) is 2. The van der Waals surface area contributed by atoms with E-state index in [1.54, 1.807) is 13.2 Å². The summed E-state index contributed by atoms with van der Waals surface area (Å²) in [5.41, 5.74) is 0.734. The summed E-state index contributed by atoms with van der Waals surface area (Å²) in [7, 11) is 1.55. The van der Waals surface area contributed by atoms with Crippen LogP contribution >= 0.6 is 11.6 Å². The number of benzene rings is 2. The van der Waals surface area contributed by atoms with Crippen molar-refractivity contribution in [2.24, 2.45) is 0 Å². The van der Waals surface area contributed by atoms with Gasteiger partial charge in [-0.2, -0.15) is 0 Å². The Kier molecular flexibility index (Phi) is 4.58. The molecule has 0 saturated heterocycles. The molecule has 0 aliphatic carbocycles. The highest BCUT2D eigenvalue weighted by molar-refractivity contribution is 6.30. The minimum atomic E-state index is -0.605. The van der Waals surface area contributed by atoms with Crippen molar-refractivity contribution in [2.75, 3.05) is 7.11 Å². The molecular weight excluding hydrogens is 281 g/mol. The molecule has 104 valence electrons. The lowest BCUT2D eigenvalue weighted by Crippen LogP contribution is -2.24. The van der Waals surface area contributed by atoms with Crippen molar-refractivity contribution in [3.8, 4) is 5.75 Å². The van der Waals surface area contributed by atoms with Crippen molar-refractivity contribution in [3.63, 3.8) is 0 Å². The number of para-hydroxylation sites is 1. The summed E-state index contributed by atoms with van der Waals surface area (Å²) in [6, 6.07) is 11.2. The van der Waals surface area contributed by atoms with E-state index in [1.807, 2.05) is 18.2 Å². The van der Waals surface area contributed by atoms with E-state index < -0.39 is 11.7 Å². The first-order chi connectivity index (χ1) is 9.61. The molecule has 1 N–H and O–H groups in total. The minimum absolute atomic E-state index is 0.0765. The lowest BCUT2D eigenvalue weighted by atomic mass is 10.1. The zero-order chi connectivity index (χ0) is 14.5. The van der Waals surface area contributed by atoms with E-state index in [0.717, 1.165) is 5.56 Å². The van der Waals surface area contributed by atoms with Crippen LogP contribution in [0.5, 0.6) is 5.75 Å². The number of nitrogens with one attached hydrogen (secondary N) is 1. The molecule has 0 saturated carbocycles. The molecular formula is C15H13ClFNO2. The standard InChI is InChI=1S/C15H13ClFNO2/c1-20-14-5-3-2-4-10(14)9-18-15(19)12-8-11(16)6-7-13(12)17/h2-8H,9H2,1H3,(H,18,19). The highest BCUT2D eigenvalue weighted by atomic mass is 35.5. The summed E-state index contributed by atoms with van der Waals surface area (Å²) >= 11 is 5.76. The maximum absolute atomic E-state index is 13.5. The van der Waals surface area contributed by atoms with Gasteiger partial charge in [-0.25, -0.2) is 4.39 Å². The van der Waals surface area contributed by atoms with Gasteiger partial charge in [-0.3, -0.25) is 4.79 Å². The van der Waals surface area contributed by atoms with E-state index in [0.29, 0.717) is 10.8 Å². The van der Waals surface area contributed by atoms with Crippen LogP contribution < -0.4 is 10.1 Å². The van der Waals surface area contributed by atoms with Gasteiger partial charge in [-0.15, -0.1) is 0 Å². The molecule has 0 bridgehead atoms. The Balaban J connectivity index is 2.11. The number of methoxy groups -OCH3 is 1. The van der Waals surface area contributed by atoms with Gasteiger partial charge in [0, 0.05) is 17.1 Å². The Labute approximate surface area is 121 Å². The minimum Gasteiger partial charge on any atom is -0.496 e. The zero-order valence-corrected chi connectivity index (χ0v) is 11.6. The van der Waals surface area contributed by atoms with Crippen molar-refractivity contribution in [2.45, 2.75) is 6.54 Å². The van der Waals surface area contributed by atoms with E-state index in [4.69, 9.17) is 16.3 Å². The van der Waals surface area contributed by atoms with Gasteiger partial charge in [-0.05, 0) is 24.3 Å². The Hall–Kier alpha value is -2.07. The molecule has 0 heterocycles. The van der Waals surface area contributed by atoms with Crippen molar-refractivity contribution in [1.82, 2.24) is 5.32 Å². The van der Waals surface area contributed by atoms with Crippen LogP contribution in [0.2, 0.25) is 5.02 Å². The quantitative estimate of drug-likeness (QED) is 0.938. The first-order valence-corrected chi connectivity index (χ1v) is 6.34. The summed E-state index contributed by atoms with van der Waals surface area (Å²) in [4.78, 5) is 11.9. The normalized spacial score (nSPS) is 10.2. The topological polar surface area (TPSA) is 38.3 Å². The van der Waals surface area contributed by atoms with E-state index in [-0.39, 0.29) is 12.1 Å². The summed E-state index contributed by atoms with van der Waals surface area (Å²) in [6.07, 6.45) is 0. The largest absolute Gasteiger partial charge is 0.496 e. The molecule has 2 aromatic carbocycles. The van der Waals surface area contributed by atoms with Gasteiger partial charge in [0.2, 0.25) is 0 Å². The molecule has 3 nitrogen and oxygen atoms in total. The third-order valence-corrected chi connectivity index (χ3v) is 3.04. The fourth-order valence-corrected chi connectivity index (χ4v) is 1.96. The van der Waals surface area contributed by atoms with Crippen LogP contribution in [0.3, 0.4) is 0 Å². The second-order valence-electron chi connectivity index (χ2n) is 4.12. The van der Waals surface area contributed by atoms with Crippen molar-refractivity contribution < 1.29 is 13.9 Å². The lowest BCUT2D eigenvalue weighted by molar-refractivity contribution is 0.0946. The number of carbonyl (C=O) groups is 1. The molecule has 0 spiro atoms. The first kappa shape index (κ1) is 14.3. The molecule has 2 rings (SSSR count). The Morgan fingerprint density at radius 1 is 1.30 bits per heavy atom. The van der Waals surface area contributed by atoms with Gasteiger partial charge in [0.05, 0.1) is 12.7 Å². The van der Waals surface area contributed by atoms with Crippen LogP contribution in [0.15, 0.2) is 42.5 Å². The molecule has 2 aromatic rings. The average molecular weight is 294 g/mol. The van der Waals surface area contributed by atoms with Gasteiger partial charge in [-0.1, -0.05) is 29.8 Å².